The fraction of sp³-hybridized carbons (Fsp3) is 0.385. The Morgan fingerprint density at radius 1 is 1.35 bits per heavy atom. The smallest absolute Gasteiger partial charge is 0.306 e. The lowest BCUT2D eigenvalue weighted by atomic mass is 10.0. The highest BCUT2D eigenvalue weighted by Crippen LogP contribution is 2.09. The molecule has 0 rings (SSSR count). The average molecular weight is 238 g/mol. The van der Waals surface area contributed by atoms with E-state index in [0.29, 0.717) is 0 Å². The second-order valence-corrected chi connectivity index (χ2v) is 3.75. The van der Waals surface area contributed by atoms with Gasteiger partial charge in [0.05, 0.1) is 0 Å². The Bertz CT molecular complexity index is 328. The molecular weight excluding hydrogens is 220 g/mol. The fourth-order valence-corrected chi connectivity index (χ4v) is 1.20. The number of esters is 1. The molecule has 0 saturated heterocycles. The third-order valence-corrected chi connectivity index (χ3v) is 2.03. The molecule has 0 aromatic heterocycles. The first-order valence-corrected chi connectivity index (χ1v) is 5.31. The van der Waals surface area contributed by atoms with E-state index in [4.69, 9.17) is 9.84 Å². The molecule has 0 heterocycles. The van der Waals surface area contributed by atoms with Crippen molar-refractivity contribution < 1.29 is 19.4 Å². The van der Waals surface area contributed by atoms with Gasteiger partial charge in [-0.3, -0.25) is 9.59 Å². The van der Waals surface area contributed by atoms with Crippen molar-refractivity contribution in [2.45, 2.75) is 19.8 Å². The molecular formula is C13H18O4. The summed E-state index contributed by atoms with van der Waals surface area (Å²) < 4.78 is 4.98. The van der Waals surface area contributed by atoms with Crippen molar-refractivity contribution >= 4 is 11.9 Å². The Labute approximate surface area is 101 Å². The van der Waals surface area contributed by atoms with Crippen LogP contribution >= 0.6 is 0 Å². The number of carbonyl (C=O) groups is 2. The van der Waals surface area contributed by atoms with Crippen LogP contribution in [-0.2, 0) is 14.3 Å². The van der Waals surface area contributed by atoms with Gasteiger partial charge in [-0.2, -0.15) is 0 Å². The molecule has 0 saturated carbocycles. The van der Waals surface area contributed by atoms with Gasteiger partial charge in [-0.1, -0.05) is 38.3 Å². The predicted molar refractivity (Wildman–Crippen MR) is 65.5 cm³/mol. The zero-order valence-electron chi connectivity index (χ0n) is 10.0. The highest BCUT2D eigenvalue weighted by Gasteiger charge is 2.13. The van der Waals surface area contributed by atoms with Crippen molar-refractivity contribution in [3.8, 4) is 0 Å². The summed E-state index contributed by atoms with van der Waals surface area (Å²) >= 11 is 0. The fourth-order valence-electron chi connectivity index (χ4n) is 1.20. The minimum atomic E-state index is -0.913. The minimum absolute atomic E-state index is 0.0358. The van der Waals surface area contributed by atoms with Crippen molar-refractivity contribution in [3.05, 3.63) is 37.0 Å². The van der Waals surface area contributed by atoms with E-state index in [1.807, 2.05) is 0 Å². The summed E-state index contributed by atoms with van der Waals surface area (Å²) in [5.74, 6) is -1.55. The van der Waals surface area contributed by atoms with Gasteiger partial charge in [0.15, 0.2) is 0 Å². The molecule has 0 fully saturated rings. The summed E-state index contributed by atoms with van der Waals surface area (Å²) in [6, 6.07) is 0. The normalized spacial score (nSPS) is 12.6. The first kappa shape index (κ1) is 15.2. The van der Waals surface area contributed by atoms with Crippen molar-refractivity contribution in [1.29, 1.82) is 0 Å². The lowest BCUT2D eigenvalue weighted by Gasteiger charge is -2.09. The van der Waals surface area contributed by atoms with Gasteiger partial charge in [-0.25, -0.2) is 0 Å². The van der Waals surface area contributed by atoms with Crippen LogP contribution in [0.15, 0.2) is 37.0 Å². The maximum Gasteiger partial charge on any atom is 0.306 e. The van der Waals surface area contributed by atoms with Gasteiger partial charge >= 0.3 is 11.9 Å². The summed E-state index contributed by atoms with van der Waals surface area (Å²) in [4.78, 5) is 21.8. The second kappa shape index (κ2) is 8.33. The molecule has 1 atom stereocenters. The molecule has 0 radical (unpaired) electrons. The summed E-state index contributed by atoms with van der Waals surface area (Å²) in [7, 11) is 0. The van der Waals surface area contributed by atoms with Crippen LogP contribution in [0.2, 0.25) is 0 Å². The van der Waals surface area contributed by atoms with E-state index in [0.717, 1.165) is 5.57 Å². The number of hydrogen-bond acceptors (Lipinski definition) is 3. The van der Waals surface area contributed by atoms with Crippen LogP contribution in [0.1, 0.15) is 19.8 Å². The van der Waals surface area contributed by atoms with E-state index in [-0.39, 0.29) is 25.4 Å². The minimum Gasteiger partial charge on any atom is -0.481 e. The van der Waals surface area contributed by atoms with Crippen LogP contribution in [0.3, 0.4) is 0 Å². The van der Waals surface area contributed by atoms with E-state index in [1.54, 1.807) is 25.2 Å². The molecule has 0 bridgehead atoms. The summed E-state index contributed by atoms with van der Waals surface area (Å²) in [5.41, 5.74) is 0.749. The number of hydrogen-bond donors (Lipinski definition) is 1. The first-order chi connectivity index (χ1) is 7.99. The molecule has 17 heavy (non-hydrogen) atoms. The monoisotopic (exact) mass is 238 g/mol. The topological polar surface area (TPSA) is 63.6 Å². The number of aliphatic carboxylic acids is 1. The summed E-state index contributed by atoms with van der Waals surface area (Å²) in [5, 5.41) is 8.54. The van der Waals surface area contributed by atoms with Crippen molar-refractivity contribution in [2.75, 3.05) is 6.61 Å². The van der Waals surface area contributed by atoms with Gasteiger partial charge in [0.1, 0.15) is 6.61 Å². The molecule has 94 valence electrons. The lowest BCUT2D eigenvalue weighted by Crippen LogP contribution is -2.13. The van der Waals surface area contributed by atoms with Gasteiger partial charge in [-0.05, 0) is 11.5 Å². The zero-order chi connectivity index (χ0) is 13.3. The number of allylic oxidation sites excluding steroid dienone is 2. The SMILES string of the molecule is C=C/C=C(\C=C)COC(=O)CC(C)CC(=O)O. The molecule has 0 aliphatic heterocycles. The van der Waals surface area contributed by atoms with E-state index in [9.17, 15) is 9.59 Å². The highest BCUT2D eigenvalue weighted by atomic mass is 16.5. The molecule has 4 heteroatoms. The number of rotatable bonds is 8. The molecule has 1 unspecified atom stereocenters. The Balaban J connectivity index is 4.02. The predicted octanol–water partition coefficient (Wildman–Crippen LogP) is 2.33. The van der Waals surface area contributed by atoms with Crippen LogP contribution in [0, 0.1) is 5.92 Å². The van der Waals surface area contributed by atoms with E-state index >= 15 is 0 Å². The molecule has 0 aliphatic rings. The Hall–Kier alpha value is -1.84. The van der Waals surface area contributed by atoms with Crippen molar-refractivity contribution in [1.82, 2.24) is 0 Å². The zero-order valence-corrected chi connectivity index (χ0v) is 10.0. The molecule has 1 N–H and O–H groups in total. The number of carboxylic acids is 1. The molecule has 0 aromatic rings. The lowest BCUT2D eigenvalue weighted by molar-refractivity contribution is -0.144. The molecule has 0 amide bonds. The van der Waals surface area contributed by atoms with Crippen LogP contribution in [0.25, 0.3) is 0 Å². The first-order valence-electron chi connectivity index (χ1n) is 5.31. The van der Waals surface area contributed by atoms with Crippen molar-refractivity contribution in [2.24, 2.45) is 5.92 Å². The van der Waals surface area contributed by atoms with Crippen molar-refractivity contribution in [3.63, 3.8) is 0 Å². The molecule has 4 nitrogen and oxygen atoms in total. The van der Waals surface area contributed by atoms with E-state index in [1.165, 1.54) is 0 Å². The van der Waals surface area contributed by atoms with Crippen LogP contribution in [0.5, 0.6) is 0 Å². The Kier molecular flexibility index (Phi) is 7.43. The van der Waals surface area contributed by atoms with Gasteiger partial charge in [0.25, 0.3) is 0 Å². The quantitative estimate of drug-likeness (QED) is 0.520. The van der Waals surface area contributed by atoms with Crippen LogP contribution in [-0.4, -0.2) is 23.7 Å². The maximum absolute atomic E-state index is 11.4. The number of carboxylic acid groups (broad SMARTS) is 1. The Morgan fingerprint density at radius 3 is 2.47 bits per heavy atom. The maximum atomic E-state index is 11.4. The van der Waals surface area contributed by atoms with E-state index < -0.39 is 11.9 Å². The Morgan fingerprint density at radius 2 is 2.00 bits per heavy atom. The molecule has 0 aliphatic carbocycles. The van der Waals surface area contributed by atoms with Crippen LogP contribution < -0.4 is 0 Å². The van der Waals surface area contributed by atoms with E-state index in [2.05, 4.69) is 13.2 Å². The average Bonchev–Trinajstić information content (AvgIpc) is 2.22. The van der Waals surface area contributed by atoms with Gasteiger partial charge in [0, 0.05) is 12.8 Å². The van der Waals surface area contributed by atoms with Gasteiger partial charge < -0.3 is 9.84 Å². The highest BCUT2D eigenvalue weighted by molar-refractivity contribution is 5.72. The standard InChI is InChI=1S/C13H18O4/c1-4-6-11(5-2)9-17-13(16)8-10(3)7-12(14)15/h4-6,10H,1-2,7-9H2,3H3,(H,14,15)/b11-6+. The van der Waals surface area contributed by atoms with Crippen LogP contribution in [0.4, 0.5) is 0 Å². The number of carbonyl (C=O) groups excluding carboxylic acids is 1. The second-order valence-electron chi connectivity index (χ2n) is 3.75. The van der Waals surface area contributed by atoms with Gasteiger partial charge in [-0.15, -0.1) is 0 Å². The summed E-state index contributed by atoms with van der Waals surface area (Å²) in [6.07, 6.45) is 4.92. The molecule has 0 aromatic carbocycles. The largest absolute Gasteiger partial charge is 0.481 e. The molecule has 0 spiro atoms. The third kappa shape index (κ3) is 8.02. The number of ether oxygens (including phenoxy) is 1. The summed E-state index contributed by atoms with van der Waals surface area (Å²) in [6.45, 7) is 8.93. The van der Waals surface area contributed by atoms with Gasteiger partial charge in [0.2, 0.25) is 0 Å². The third-order valence-electron chi connectivity index (χ3n) is 2.03.